The highest BCUT2D eigenvalue weighted by atomic mass is 16.5. The summed E-state index contributed by atoms with van der Waals surface area (Å²) in [5.74, 6) is 1.76. The molecule has 1 aliphatic carbocycles. The van der Waals surface area contributed by atoms with Gasteiger partial charge in [0.05, 0.1) is 14.2 Å². The maximum Gasteiger partial charge on any atom is 0.126 e. The fourth-order valence-corrected chi connectivity index (χ4v) is 2.13. The average molecular weight is 207 g/mol. The number of nitrogens with two attached hydrogens (primary N) is 1. The number of hydrogen-bond acceptors (Lipinski definition) is 3. The molecule has 1 aromatic rings. The fraction of sp³-hybridized carbons (Fsp3) is 0.500. The molecule has 0 aromatic heterocycles. The Bertz CT molecular complexity index is 346. The van der Waals surface area contributed by atoms with E-state index in [1.165, 1.54) is 11.1 Å². The summed E-state index contributed by atoms with van der Waals surface area (Å²) in [6, 6.07) is 4.28. The summed E-state index contributed by atoms with van der Waals surface area (Å²) in [7, 11) is 3.37. The van der Waals surface area contributed by atoms with E-state index >= 15 is 0 Å². The normalized spacial score (nSPS) is 19.5. The second-order valence-electron chi connectivity index (χ2n) is 3.97. The molecule has 0 heterocycles. The van der Waals surface area contributed by atoms with Gasteiger partial charge in [0.2, 0.25) is 0 Å². The van der Waals surface area contributed by atoms with E-state index in [9.17, 15) is 0 Å². The van der Waals surface area contributed by atoms with E-state index in [1.54, 1.807) is 14.2 Å². The van der Waals surface area contributed by atoms with Crippen LogP contribution in [0, 0.1) is 0 Å². The number of fused-ring (bicyclic) bond motifs is 1. The van der Waals surface area contributed by atoms with Crippen LogP contribution < -0.4 is 15.2 Å². The first-order valence-electron chi connectivity index (χ1n) is 5.24. The summed E-state index contributed by atoms with van der Waals surface area (Å²) in [5.41, 5.74) is 8.52. The van der Waals surface area contributed by atoms with Crippen LogP contribution in [-0.2, 0) is 12.8 Å². The molecule has 3 heteroatoms. The van der Waals surface area contributed by atoms with Crippen LogP contribution in [0.25, 0.3) is 0 Å². The zero-order valence-electron chi connectivity index (χ0n) is 9.25. The van der Waals surface area contributed by atoms with Gasteiger partial charge in [-0.05, 0) is 36.5 Å². The lowest BCUT2D eigenvalue weighted by Gasteiger charge is -2.24. The van der Waals surface area contributed by atoms with Crippen molar-refractivity contribution in [3.05, 3.63) is 23.3 Å². The van der Waals surface area contributed by atoms with E-state index in [-0.39, 0.29) is 6.04 Å². The lowest BCUT2D eigenvalue weighted by molar-refractivity contribution is 0.385. The van der Waals surface area contributed by atoms with Crippen LogP contribution in [-0.4, -0.2) is 20.3 Å². The molecular formula is C12H17NO2. The zero-order valence-corrected chi connectivity index (χ0v) is 9.25. The van der Waals surface area contributed by atoms with E-state index in [0.29, 0.717) is 0 Å². The van der Waals surface area contributed by atoms with Crippen LogP contribution in [0.1, 0.15) is 17.5 Å². The quantitative estimate of drug-likeness (QED) is 0.799. The van der Waals surface area contributed by atoms with Gasteiger partial charge in [-0.25, -0.2) is 0 Å². The largest absolute Gasteiger partial charge is 0.497 e. The van der Waals surface area contributed by atoms with Gasteiger partial charge in [-0.2, -0.15) is 0 Å². The molecule has 0 aliphatic heterocycles. The molecule has 0 bridgehead atoms. The van der Waals surface area contributed by atoms with Crippen molar-refractivity contribution < 1.29 is 9.47 Å². The van der Waals surface area contributed by atoms with Crippen molar-refractivity contribution in [3.63, 3.8) is 0 Å². The van der Waals surface area contributed by atoms with Crippen LogP contribution in [0.4, 0.5) is 0 Å². The molecule has 82 valence electrons. The second-order valence-corrected chi connectivity index (χ2v) is 3.97. The van der Waals surface area contributed by atoms with Gasteiger partial charge in [-0.15, -0.1) is 0 Å². The van der Waals surface area contributed by atoms with E-state index < -0.39 is 0 Å². The van der Waals surface area contributed by atoms with Crippen LogP contribution >= 0.6 is 0 Å². The monoisotopic (exact) mass is 207 g/mol. The smallest absolute Gasteiger partial charge is 0.126 e. The molecule has 0 fully saturated rings. The topological polar surface area (TPSA) is 44.5 Å². The summed E-state index contributed by atoms with van der Waals surface area (Å²) in [6.07, 6.45) is 2.97. The molecule has 3 nitrogen and oxygen atoms in total. The molecule has 1 aliphatic rings. The molecular weight excluding hydrogens is 190 g/mol. The summed E-state index contributed by atoms with van der Waals surface area (Å²) in [4.78, 5) is 0. The van der Waals surface area contributed by atoms with E-state index in [4.69, 9.17) is 15.2 Å². The molecule has 15 heavy (non-hydrogen) atoms. The highest BCUT2D eigenvalue weighted by Gasteiger charge is 2.20. The minimum Gasteiger partial charge on any atom is -0.497 e. The molecule has 0 radical (unpaired) electrons. The number of aryl methyl sites for hydroxylation is 1. The number of ether oxygens (including phenoxy) is 2. The molecule has 0 spiro atoms. The highest BCUT2D eigenvalue weighted by Crippen LogP contribution is 2.33. The maximum absolute atomic E-state index is 5.96. The highest BCUT2D eigenvalue weighted by molar-refractivity contribution is 5.48. The number of methoxy groups -OCH3 is 2. The molecule has 0 saturated heterocycles. The first kappa shape index (κ1) is 10.3. The first-order valence-corrected chi connectivity index (χ1v) is 5.24. The minimum atomic E-state index is 0.264. The van der Waals surface area contributed by atoms with Crippen LogP contribution in [0.5, 0.6) is 11.5 Å². The van der Waals surface area contributed by atoms with E-state index in [2.05, 4.69) is 6.07 Å². The van der Waals surface area contributed by atoms with Gasteiger partial charge < -0.3 is 15.2 Å². The molecule has 2 rings (SSSR count). The fourth-order valence-electron chi connectivity index (χ4n) is 2.13. The van der Waals surface area contributed by atoms with Crippen molar-refractivity contribution in [2.45, 2.75) is 25.3 Å². The van der Waals surface area contributed by atoms with Gasteiger partial charge in [0, 0.05) is 12.1 Å². The third kappa shape index (κ3) is 1.92. The Balaban J connectivity index is 2.44. The Morgan fingerprint density at radius 1 is 1.27 bits per heavy atom. The summed E-state index contributed by atoms with van der Waals surface area (Å²) in [6.45, 7) is 0. The van der Waals surface area contributed by atoms with Crippen LogP contribution in [0.15, 0.2) is 12.1 Å². The molecule has 1 unspecified atom stereocenters. The summed E-state index contributed by atoms with van der Waals surface area (Å²) in [5, 5.41) is 0. The Hall–Kier alpha value is -1.22. The van der Waals surface area contributed by atoms with Gasteiger partial charge in [0.25, 0.3) is 0 Å². The number of hydrogen-bond donors (Lipinski definition) is 1. The Kier molecular flexibility index (Phi) is 2.82. The van der Waals surface area contributed by atoms with Crippen LogP contribution in [0.2, 0.25) is 0 Å². The Labute approximate surface area is 90.2 Å². The van der Waals surface area contributed by atoms with Gasteiger partial charge in [0.15, 0.2) is 0 Å². The molecule has 2 N–H and O–H groups in total. The van der Waals surface area contributed by atoms with E-state index in [1.807, 2.05) is 6.07 Å². The molecule has 1 aromatic carbocycles. The Morgan fingerprint density at radius 3 is 2.73 bits per heavy atom. The molecule has 1 atom stereocenters. The Morgan fingerprint density at radius 2 is 2.07 bits per heavy atom. The minimum absolute atomic E-state index is 0.264. The third-order valence-electron chi connectivity index (χ3n) is 2.98. The van der Waals surface area contributed by atoms with Gasteiger partial charge in [0.1, 0.15) is 11.5 Å². The van der Waals surface area contributed by atoms with Crippen molar-refractivity contribution in [1.82, 2.24) is 0 Å². The van der Waals surface area contributed by atoms with Crippen molar-refractivity contribution in [3.8, 4) is 11.5 Å². The predicted molar refractivity (Wildman–Crippen MR) is 59.5 cm³/mol. The molecule has 0 saturated carbocycles. The number of benzene rings is 1. The van der Waals surface area contributed by atoms with Crippen molar-refractivity contribution in [2.75, 3.05) is 14.2 Å². The van der Waals surface area contributed by atoms with Gasteiger partial charge >= 0.3 is 0 Å². The average Bonchev–Trinajstić information content (AvgIpc) is 2.27. The number of rotatable bonds is 2. The predicted octanol–water partition coefficient (Wildman–Crippen LogP) is 1.52. The van der Waals surface area contributed by atoms with Crippen molar-refractivity contribution in [1.29, 1.82) is 0 Å². The standard InChI is InChI=1S/C12H17NO2/c1-14-10-5-8-3-4-9(13)6-11(8)12(7-10)15-2/h5,7,9H,3-4,6,13H2,1-2H3. The second kappa shape index (κ2) is 4.11. The van der Waals surface area contributed by atoms with Gasteiger partial charge in [-0.3, -0.25) is 0 Å². The van der Waals surface area contributed by atoms with E-state index in [0.717, 1.165) is 30.8 Å². The maximum atomic E-state index is 5.96. The lowest BCUT2D eigenvalue weighted by Crippen LogP contribution is -2.28. The summed E-state index contributed by atoms with van der Waals surface area (Å²) >= 11 is 0. The van der Waals surface area contributed by atoms with Gasteiger partial charge in [-0.1, -0.05) is 0 Å². The molecule has 0 amide bonds. The van der Waals surface area contributed by atoms with Crippen molar-refractivity contribution in [2.24, 2.45) is 5.73 Å². The summed E-state index contributed by atoms with van der Waals surface area (Å²) < 4.78 is 10.6. The first-order chi connectivity index (χ1) is 7.24. The van der Waals surface area contributed by atoms with Crippen molar-refractivity contribution >= 4 is 0 Å². The third-order valence-corrected chi connectivity index (χ3v) is 2.98. The zero-order chi connectivity index (χ0) is 10.8. The van der Waals surface area contributed by atoms with Crippen LogP contribution in [0.3, 0.4) is 0 Å². The lowest BCUT2D eigenvalue weighted by atomic mass is 9.88. The SMILES string of the molecule is COc1cc2c(c(OC)c1)CC(N)CC2.